The van der Waals surface area contributed by atoms with Crippen LogP contribution in [0.15, 0.2) is 0 Å². The molecule has 4 nitrogen and oxygen atoms in total. The predicted molar refractivity (Wildman–Crippen MR) is 38.8 cm³/mol. The molecule has 1 fully saturated rings. The second-order valence-electron chi connectivity index (χ2n) is 2.56. The van der Waals surface area contributed by atoms with E-state index in [1.807, 2.05) is 0 Å². The van der Waals surface area contributed by atoms with Gasteiger partial charge in [-0.15, -0.1) is 0 Å². The van der Waals surface area contributed by atoms with Crippen molar-refractivity contribution in [2.24, 2.45) is 0 Å². The molecule has 0 aliphatic carbocycles. The molecule has 0 aromatic heterocycles. The molecule has 4 heteroatoms. The highest BCUT2D eigenvalue weighted by Crippen LogP contribution is 2.10. The van der Waals surface area contributed by atoms with E-state index in [0.717, 1.165) is 0 Å². The fraction of sp³-hybridized carbons (Fsp3) is 0.857. The van der Waals surface area contributed by atoms with Crippen LogP contribution in [-0.2, 0) is 9.53 Å². The minimum atomic E-state index is -0.538. The van der Waals surface area contributed by atoms with Crippen LogP contribution >= 0.6 is 0 Å². The fourth-order valence-electron chi connectivity index (χ4n) is 1.15. The Balaban J connectivity index is 2.31. The van der Waals surface area contributed by atoms with Crippen LogP contribution in [0.1, 0.15) is 19.8 Å². The lowest BCUT2D eigenvalue weighted by molar-refractivity contribution is -0.145. The molecule has 0 aromatic rings. The van der Waals surface area contributed by atoms with Gasteiger partial charge in [0.1, 0.15) is 12.3 Å². The van der Waals surface area contributed by atoms with Crippen molar-refractivity contribution in [3.05, 3.63) is 0 Å². The smallest absolute Gasteiger partial charge is 0.323 e. The van der Waals surface area contributed by atoms with Gasteiger partial charge in [0, 0.05) is 0 Å². The molecule has 1 unspecified atom stereocenters. The lowest BCUT2D eigenvalue weighted by atomic mass is 10.2. The van der Waals surface area contributed by atoms with E-state index in [0.29, 0.717) is 19.4 Å². The first kappa shape index (κ1) is 8.49. The van der Waals surface area contributed by atoms with Crippen molar-refractivity contribution in [1.29, 1.82) is 0 Å². The molecule has 1 aliphatic rings. The monoisotopic (exact) mass is 159 g/mol. The van der Waals surface area contributed by atoms with E-state index in [4.69, 9.17) is 9.84 Å². The van der Waals surface area contributed by atoms with Crippen LogP contribution in [0.2, 0.25) is 0 Å². The molecule has 64 valence electrons. The number of esters is 1. The number of aliphatic hydroxyl groups is 1. The summed E-state index contributed by atoms with van der Waals surface area (Å²) in [5.74, 6) is -0.260. The average Bonchev–Trinajstić information content (AvgIpc) is 2.36. The largest absolute Gasteiger partial charge is 0.465 e. The Kier molecular flexibility index (Phi) is 2.84. The summed E-state index contributed by atoms with van der Waals surface area (Å²) < 4.78 is 4.76. The van der Waals surface area contributed by atoms with Crippen LogP contribution in [0.3, 0.4) is 0 Å². The van der Waals surface area contributed by atoms with Gasteiger partial charge in [-0.05, 0) is 19.8 Å². The predicted octanol–water partition coefficient (Wildman–Crippen LogP) is -0.380. The Labute approximate surface area is 65.5 Å². The molecule has 2 atom stereocenters. The zero-order chi connectivity index (χ0) is 8.27. The molecular formula is C7H13NO3. The van der Waals surface area contributed by atoms with Gasteiger partial charge in [-0.2, -0.15) is 0 Å². The normalized spacial score (nSPS) is 30.4. The average molecular weight is 159 g/mol. The van der Waals surface area contributed by atoms with Gasteiger partial charge in [0.2, 0.25) is 0 Å². The van der Waals surface area contributed by atoms with Crippen LogP contribution < -0.4 is 5.32 Å². The van der Waals surface area contributed by atoms with Gasteiger partial charge >= 0.3 is 5.97 Å². The van der Waals surface area contributed by atoms with E-state index in [9.17, 15) is 4.79 Å². The summed E-state index contributed by atoms with van der Waals surface area (Å²) >= 11 is 0. The summed E-state index contributed by atoms with van der Waals surface area (Å²) in [5.41, 5.74) is 0. The Morgan fingerprint density at radius 1 is 1.73 bits per heavy atom. The van der Waals surface area contributed by atoms with E-state index >= 15 is 0 Å². The molecule has 0 spiro atoms. The van der Waals surface area contributed by atoms with Crippen molar-refractivity contribution in [1.82, 2.24) is 5.32 Å². The fourth-order valence-corrected chi connectivity index (χ4v) is 1.15. The highest BCUT2D eigenvalue weighted by Gasteiger charge is 2.28. The lowest BCUT2D eigenvalue weighted by Crippen LogP contribution is -2.36. The van der Waals surface area contributed by atoms with Crippen molar-refractivity contribution in [2.45, 2.75) is 32.0 Å². The third-order valence-corrected chi connectivity index (χ3v) is 1.69. The second-order valence-corrected chi connectivity index (χ2v) is 2.56. The zero-order valence-corrected chi connectivity index (χ0v) is 6.54. The second kappa shape index (κ2) is 3.69. The van der Waals surface area contributed by atoms with E-state index in [2.05, 4.69) is 5.32 Å². The Morgan fingerprint density at radius 3 is 2.91 bits per heavy atom. The highest BCUT2D eigenvalue weighted by molar-refractivity contribution is 5.76. The molecule has 0 amide bonds. The number of aliphatic hydroxyl groups excluding tert-OH is 1. The number of rotatable bonds is 2. The van der Waals surface area contributed by atoms with Crippen LogP contribution in [0, 0.1) is 0 Å². The van der Waals surface area contributed by atoms with Crippen LogP contribution in [-0.4, -0.2) is 30.0 Å². The van der Waals surface area contributed by atoms with Crippen molar-refractivity contribution in [2.75, 3.05) is 6.61 Å². The van der Waals surface area contributed by atoms with Crippen LogP contribution in [0.4, 0.5) is 0 Å². The summed E-state index contributed by atoms with van der Waals surface area (Å²) in [7, 11) is 0. The van der Waals surface area contributed by atoms with Gasteiger partial charge in [0.05, 0.1) is 6.61 Å². The summed E-state index contributed by atoms with van der Waals surface area (Å²) in [5, 5.41) is 11.7. The first-order valence-electron chi connectivity index (χ1n) is 3.84. The Hall–Kier alpha value is -0.610. The van der Waals surface area contributed by atoms with Gasteiger partial charge in [-0.3, -0.25) is 10.1 Å². The first-order chi connectivity index (χ1) is 5.24. The molecule has 1 saturated heterocycles. The molecular weight excluding hydrogens is 146 g/mol. The van der Waals surface area contributed by atoms with Gasteiger partial charge in [0.15, 0.2) is 0 Å². The van der Waals surface area contributed by atoms with Gasteiger partial charge < -0.3 is 9.84 Å². The molecule has 0 bridgehead atoms. The minimum absolute atomic E-state index is 0.260. The number of ether oxygens (including phenoxy) is 1. The number of carbonyl (C=O) groups is 1. The molecule has 0 saturated carbocycles. The number of carbonyl (C=O) groups excluding carboxylic acids is 1. The van der Waals surface area contributed by atoms with Crippen LogP contribution in [0.5, 0.6) is 0 Å². The SMILES string of the molecule is CCOC(=O)C1CC[C@H](O)N1. The minimum Gasteiger partial charge on any atom is -0.465 e. The molecule has 1 heterocycles. The molecule has 11 heavy (non-hydrogen) atoms. The molecule has 0 aromatic carbocycles. The molecule has 1 aliphatic heterocycles. The molecule has 0 radical (unpaired) electrons. The summed E-state index contributed by atoms with van der Waals surface area (Å²) in [6.07, 6.45) is 0.758. The Morgan fingerprint density at radius 2 is 2.45 bits per heavy atom. The van der Waals surface area contributed by atoms with Crippen molar-refractivity contribution >= 4 is 5.97 Å². The van der Waals surface area contributed by atoms with Crippen molar-refractivity contribution in [3.8, 4) is 0 Å². The maximum Gasteiger partial charge on any atom is 0.323 e. The third kappa shape index (κ3) is 2.17. The molecule has 2 N–H and O–H groups in total. The number of hydrogen-bond donors (Lipinski definition) is 2. The van der Waals surface area contributed by atoms with E-state index in [1.54, 1.807) is 6.92 Å². The van der Waals surface area contributed by atoms with E-state index in [-0.39, 0.29) is 12.0 Å². The highest BCUT2D eigenvalue weighted by atomic mass is 16.5. The van der Waals surface area contributed by atoms with E-state index in [1.165, 1.54) is 0 Å². The molecule has 1 rings (SSSR count). The summed E-state index contributed by atoms with van der Waals surface area (Å²) in [6, 6.07) is -0.301. The van der Waals surface area contributed by atoms with E-state index < -0.39 is 6.23 Å². The number of nitrogens with one attached hydrogen (secondary N) is 1. The maximum absolute atomic E-state index is 11.0. The standard InChI is InChI=1S/C7H13NO3/c1-2-11-7(10)5-3-4-6(9)8-5/h5-6,8-9H,2-4H2,1H3/t5?,6-/m0/s1. The topological polar surface area (TPSA) is 58.6 Å². The number of hydrogen-bond acceptors (Lipinski definition) is 4. The van der Waals surface area contributed by atoms with Crippen molar-refractivity contribution < 1.29 is 14.6 Å². The zero-order valence-electron chi connectivity index (χ0n) is 6.54. The first-order valence-corrected chi connectivity index (χ1v) is 3.84. The van der Waals surface area contributed by atoms with Gasteiger partial charge in [-0.25, -0.2) is 0 Å². The Bertz CT molecular complexity index is 149. The quantitative estimate of drug-likeness (QED) is 0.539. The third-order valence-electron chi connectivity index (χ3n) is 1.69. The van der Waals surface area contributed by atoms with Gasteiger partial charge in [0.25, 0.3) is 0 Å². The summed E-state index contributed by atoms with van der Waals surface area (Å²) in [6.45, 7) is 2.16. The van der Waals surface area contributed by atoms with Gasteiger partial charge in [-0.1, -0.05) is 0 Å². The van der Waals surface area contributed by atoms with Crippen LogP contribution in [0.25, 0.3) is 0 Å². The van der Waals surface area contributed by atoms with Crippen molar-refractivity contribution in [3.63, 3.8) is 0 Å². The lowest BCUT2D eigenvalue weighted by Gasteiger charge is -2.08. The maximum atomic E-state index is 11.0. The summed E-state index contributed by atoms with van der Waals surface area (Å²) in [4.78, 5) is 11.0.